The molecule has 84 valence electrons. The zero-order chi connectivity index (χ0) is 11.5. The first-order valence-corrected chi connectivity index (χ1v) is 5.71. The highest BCUT2D eigenvalue weighted by molar-refractivity contribution is 9.10. The van der Waals surface area contributed by atoms with Gasteiger partial charge in [-0.05, 0) is 34.6 Å². The van der Waals surface area contributed by atoms with E-state index in [-0.39, 0.29) is 5.82 Å². The number of benzene rings is 1. The summed E-state index contributed by atoms with van der Waals surface area (Å²) >= 11 is 3.33. The predicted molar refractivity (Wildman–Crippen MR) is 64.4 cm³/mol. The van der Waals surface area contributed by atoms with Gasteiger partial charge >= 0.3 is 0 Å². The number of nitrogens with one attached hydrogen (secondary N) is 1. The molecular formula is C11H11BrFN3. The molecule has 0 radical (unpaired) electrons. The number of hydrogen-bond donors (Lipinski definition) is 2. The molecule has 0 aliphatic carbocycles. The molecule has 3 nitrogen and oxygen atoms in total. The topological polar surface area (TPSA) is 54.7 Å². The number of H-pyrrole nitrogens is 1. The van der Waals surface area contributed by atoms with Crippen LogP contribution < -0.4 is 5.73 Å². The normalized spacial score (nSPS) is 10.7. The van der Waals surface area contributed by atoms with Crippen LogP contribution in [0.2, 0.25) is 0 Å². The van der Waals surface area contributed by atoms with Crippen LogP contribution in [0.1, 0.15) is 5.82 Å². The molecule has 16 heavy (non-hydrogen) atoms. The summed E-state index contributed by atoms with van der Waals surface area (Å²) in [6.45, 7) is 0.511. The van der Waals surface area contributed by atoms with Crippen molar-refractivity contribution in [2.45, 2.75) is 6.42 Å². The van der Waals surface area contributed by atoms with Gasteiger partial charge in [-0.25, -0.2) is 9.37 Å². The lowest BCUT2D eigenvalue weighted by molar-refractivity contribution is 0.630. The summed E-state index contributed by atoms with van der Waals surface area (Å²) in [5.41, 5.74) is 6.50. The molecule has 1 aromatic carbocycles. The molecule has 0 aliphatic rings. The van der Waals surface area contributed by atoms with E-state index < -0.39 is 0 Å². The monoisotopic (exact) mass is 283 g/mol. The smallest absolute Gasteiger partial charge is 0.132 e. The van der Waals surface area contributed by atoms with Gasteiger partial charge in [0.05, 0.1) is 0 Å². The van der Waals surface area contributed by atoms with Crippen LogP contribution >= 0.6 is 15.9 Å². The lowest BCUT2D eigenvalue weighted by Gasteiger charge is -1.98. The molecule has 0 bridgehead atoms. The first-order chi connectivity index (χ1) is 7.72. The highest BCUT2D eigenvalue weighted by Gasteiger charge is 2.12. The number of imidazole rings is 1. The van der Waals surface area contributed by atoms with Gasteiger partial charge in [-0.3, -0.25) is 0 Å². The Balaban J connectivity index is 2.44. The van der Waals surface area contributed by atoms with Gasteiger partial charge in [0.25, 0.3) is 0 Å². The van der Waals surface area contributed by atoms with E-state index in [1.807, 2.05) is 0 Å². The molecule has 2 aromatic rings. The van der Waals surface area contributed by atoms with Gasteiger partial charge in [0, 0.05) is 12.0 Å². The van der Waals surface area contributed by atoms with Gasteiger partial charge in [0.1, 0.15) is 21.9 Å². The second-order valence-electron chi connectivity index (χ2n) is 3.36. The minimum Gasteiger partial charge on any atom is -0.336 e. The second-order valence-corrected chi connectivity index (χ2v) is 4.16. The van der Waals surface area contributed by atoms with Crippen molar-refractivity contribution in [1.29, 1.82) is 0 Å². The molecule has 0 unspecified atom stereocenters. The van der Waals surface area contributed by atoms with Gasteiger partial charge in [0.2, 0.25) is 0 Å². The predicted octanol–water partition coefficient (Wildman–Crippen LogP) is 2.48. The number of halogens is 2. The highest BCUT2D eigenvalue weighted by Crippen LogP contribution is 2.27. The van der Waals surface area contributed by atoms with Crippen LogP contribution in [0.3, 0.4) is 0 Å². The first kappa shape index (κ1) is 11.3. The third-order valence-electron chi connectivity index (χ3n) is 2.22. The fourth-order valence-corrected chi connectivity index (χ4v) is 2.02. The van der Waals surface area contributed by atoms with Crippen LogP contribution in [-0.4, -0.2) is 16.5 Å². The van der Waals surface area contributed by atoms with Crippen LogP contribution in [0.25, 0.3) is 11.3 Å². The van der Waals surface area contributed by atoms with Crippen LogP contribution in [-0.2, 0) is 6.42 Å². The Kier molecular flexibility index (Phi) is 3.36. The van der Waals surface area contributed by atoms with Gasteiger partial charge in [-0.1, -0.05) is 12.1 Å². The van der Waals surface area contributed by atoms with E-state index in [0.29, 0.717) is 28.8 Å². The number of aromatic nitrogens is 2. The molecule has 0 fully saturated rings. The molecule has 2 rings (SSSR count). The zero-order valence-corrected chi connectivity index (χ0v) is 10.1. The number of nitrogens with two attached hydrogens (primary N) is 1. The average Bonchev–Trinajstić information content (AvgIpc) is 2.61. The van der Waals surface area contributed by atoms with Crippen LogP contribution in [0.15, 0.2) is 28.9 Å². The summed E-state index contributed by atoms with van der Waals surface area (Å²) in [6, 6.07) is 6.55. The lowest BCUT2D eigenvalue weighted by Crippen LogP contribution is -2.03. The SMILES string of the molecule is NCCc1nc(-c2ccccc2F)c(Br)[nH]1. The van der Waals surface area contributed by atoms with Crippen LogP contribution in [0, 0.1) is 5.82 Å². The average molecular weight is 284 g/mol. The van der Waals surface area contributed by atoms with Crippen LogP contribution in [0.4, 0.5) is 4.39 Å². The summed E-state index contributed by atoms with van der Waals surface area (Å²) in [6.07, 6.45) is 0.646. The summed E-state index contributed by atoms with van der Waals surface area (Å²) in [4.78, 5) is 7.34. The summed E-state index contributed by atoms with van der Waals surface area (Å²) in [5.74, 6) is 0.474. The van der Waals surface area contributed by atoms with Gasteiger partial charge in [-0.2, -0.15) is 0 Å². The second kappa shape index (κ2) is 4.76. The Labute approximate surface area is 101 Å². The summed E-state index contributed by atoms with van der Waals surface area (Å²) < 4.78 is 14.2. The molecule has 0 atom stereocenters. The Bertz CT molecular complexity index is 496. The van der Waals surface area contributed by atoms with Crippen molar-refractivity contribution in [2.75, 3.05) is 6.54 Å². The van der Waals surface area contributed by atoms with E-state index in [1.165, 1.54) is 6.07 Å². The number of aromatic amines is 1. The van der Waals surface area contributed by atoms with Gasteiger partial charge < -0.3 is 10.7 Å². The molecule has 5 heteroatoms. The van der Waals surface area contributed by atoms with E-state index in [1.54, 1.807) is 18.2 Å². The van der Waals surface area contributed by atoms with E-state index in [0.717, 1.165) is 5.82 Å². The van der Waals surface area contributed by atoms with Crippen molar-refractivity contribution < 1.29 is 4.39 Å². The Hall–Kier alpha value is -1.20. The van der Waals surface area contributed by atoms with E-state index >= 15 is 0 Å². The fraction of sp³-hybridized carbons (Fsp3) is 0.182. The molecule has 3 N–H and O–H groups in total. The van der Waals surface area contributed by atoms with Gasteiger partial charge in [0.15, 0.2) is 0 Å². The lowest BCUT2D eigenvalue weighted by atomic mass is 10.1. The molecule has 1 heterocycles. The minimum atomic E-state index is -0.283. The van der Waals surface area contributed by atoms with Crippen molar-refractivity contribution >= 4 is 15.9 Å². The molecule has 0 aliphatic heterocycles. The molecule has 0 spiro atoms. The first-order valence-electron chi connectivity index (χ1n) is 4.91. The maximum atomic E-state index is 13.6. The van der Waals surface area contributed by atoms with E-state index in [9.17, 15) is 4.39 Å². The number of rotatable bonds is 3. The maximum Gasteiger partial charge on any atom is 0.132 e. The Morgan fingerprint density at radius 2 is 2.12 bits per heavy atom. The van der Waals surface area contributed by atoms with E-state index in [2.05, 4.69) is 25.9 Å². The van der Waals surface area contributed by atoms with Crippen molar-refractivity contribution in [3.8, 4) is 11.3 Å². The quantitative estimate of drug-likeness (QED) is 0.909. The molecular weight excluding hydrogens is 273 g/mol. The summed E-state index contributed by atoms with van der Waals surface area (Å²) in [7, 11) is 0. The van der Waals surface area contributed by atoms with E-state index in [4.69, 9.17) is 5.73 Å². The number of hydrogen-bond acceptors (Lipinski definition) is 2. The van der Waals surface area contributed by atoms with Crippen molar-refractivity contribution in [1.82, 2.24) is 9.97 Å². The van der Waals surface area contributed by atoms with Gasteiger partial charge in [-0.15, -0.1) is 0 Å². The maximum absolute atomic E-state index is 13.6. The Morgan fingerprint density at radius 3 is 2.81 bits per heavy atom. The molecule has 0 amide bonds. The van der Waals surface area contributed by atoms with Crippen molar-refractivity contribution in [3.63, 3.8) is 0 Å². The third kappa shape index (κ3) is 2.15. The van der Waals surface area contributed by atoms with Crippen molar-refractivity contribution in [2.24, 2.45) is 5.73 Å². The fourth-order valence-electron chi connectivity index (χ4n) is 1.48. The zero-order valence-electron chi connectivity index (χ0n) is 8.50. The van der Waals surface area contributed by atoms with Crippen LogP contribution in [0.5, 0.6) is 0 Å². The molecule has 0 saturated heterocycles. The molecule has 0 saturated carbocycles. The summed E-state index contributed by atoms with van der Waals surface area (Å²) in [5, 5.41) is 0. The minimum absolute atomic E-state index is 0.283. The Morgan fingerprint density at radius 1 is 1.38 bits per heavy atom. The number of nitrogens with zero attached hydrogens (tertiary/aromatic N) is 1. The third-order valence-corrected chi connectivity index (χ3v) is 2.79. The molecule has 1 aromatic heterocycles. The van der Waals surface area contributed by atoms with Crippen molar-refractivity contribution in [3.05, 3.63) is 40.5 Å². The highest BCUT2D eigenvalue weighted by atomic mass is 79.9. The standard InChI is InChI=1S/C11H11BrFN3/c12-11-10(15-9(16-11)5-6-14)7-3-1-2-4-8(7)13/h1-4H,5-6,14H2,(H,15,16). The largest absolute Gasteiger partial charge is 0.336 e.